The van der Waals surface area contributed by atoms with Crippen LogP contribution in [0.2, 0.25) is 0 Å². The minimum absolute atomic E-state index is 0.0494. The van der Waals surface area contributed by atoms with Crippen LogP contribution in [0, 0.1) is 11.3 Å². The lowest BCUT2D eigenvalue weighted by atomic mass is 9.66. The van der Waals surface area contributed by atoms with Gasteiger partial charge < -0.3 is 15.7 Å². The smallest absolute Gasteiger partial charge is 0.310 e. The molecule has 2 rings (SSSR count). The summed E-state index contributed by atoms with van der Waals surface area (Å²) in [6, 6.07) is 0. The maximum absolute atomic E-state index is 12.2. The highest BCUT2D eigenvalue weighted by Gasteiger charge is 2.46. The number of hydrogen-bond donors (Lipinski definition) is 2. The molecule has 2 amide bonds. The van der Waals surface area contributed by atoms with Gasteiger partial charge in [0.2, 0.25) is 11.8 Å². The van der Waals surface area contributed by atoms with Crippen molar-refractivity contribution in [3.05, 3.63) is 0 Å². The van der Waals surface area contributed by atoms with Gasteiger partial charge in [-0.2, -0.15) is 0 Å². The molecule has 0 aromatic carbocycles. The fourth-order valence-corrected chi connectivity index (χ4v) is 2.91. The van der Waals surface area contributed by atoms with E-state index >= 15 is 0 Å². The average Bonchev–Trinajstić information content (AvgIpc) is 2.33. The minimum Gasteiger partial charge on any atom is -0.481 e. The van der Waals surface area contributed by atoms with Crippen LogP contribution in [0.5, 0.6) is 0 Å². The Morgan fingerprint density at radius 2 is 1.95 bits per heavy atom. The molecule has 6 heteroatoms. The van der Waals surface area contributed by atoms with Crippen LogP contribution in [0.3, 0.4) is 0 Å². The van der Waals surface area contributed by atoms with E-state index < -0.39 is 11.4 Å². The number of primary amides is 1. The van der Waals surface area contributed by atoms with E-state index in [2.05, 4.69) is 0 Å². The number of carboxylic acid groups (broad SMARTS) is 1. The van der Waals surface area contributed by atoms with Crippen molar-refractivity contribution >= 4 is 17.8 Å². The number of aliphatic carboxylic acids is 1. The number of nitrogens with two attached hydrogens (primary N) is 1. The summed E-state index contributed by atoms with van der Waals surface area (Å²) in [6.07, 6.45) is 3.52. The van der Waals surface area contributed by atoms with E-state index in [0.29, 0.717) is 32.4 Å². The Balaban J connectivity index is 1.96. The summed E-state index contributed by atoms with van der Waals surface area (Å²) in [6.45, 7) is 0.933. The Hall–Kier alpha value is -1.59. The predicted molar refractivity (Wildman–Crippen MR) is 67.0 cm³/mol. The average molecular weight is 268 g/mol. The molecule has 19 heavy (non-hydrogen) atoms. The van der Waals surface area contributed by atoms with Crippen LogP contribution in [0.1, 0.15) is 38.5 Å². The van der Waals surface area contributed by atoms with Gasteiger partial charge in [0.1, 0.15) is 0 Å². The van der Waals surface area contributed by atoms with Crippen LogP contribution >= 0.6 is 0 Å². The van der Waals surface area contributed by atoms with Crippen molar-refractivity contribution < 1.29 is 19.5 Å². The summed E-state index contributed by atoms with van der Waals surface area (Å²) in [4.78, 5) is 36.2. The van der Waals surface area contributed by atoms with Crippen molar-refractivity contribution in [2.24, 2.45) is 17.1 Å². The first-order chi connectivity index (χ1) is 8.94. The summed E-state index contributed by atoms with van der Waals surface area (Å²) in [5, 5.41) is 9.23. The third-order valence-electron chi connectivity index (χ3n) is 4.43. The summed E-state index contributed by atoms with van der Waals surface area (Å²) in [7, 11) is 0. The van der Waals surface area contributed by atoms with E-state index in [4.69, 9.17) is 5.73 Å². The molecule has 6 nitrogen and oxygen atoms in total. The molecule has 1 saturated heterocycles. The van der Waals surface area contributed by atoms with Gasteiger partial charge in [0.05, 0.1) is 11.3 Å². The molecule has 2 fully saturated rings. The molecular formula is C13H20N2O4. The number of carboxylic acids is 1. The molecule has 0 radical (unpaired) electrons. The van der Waals surface area contributed by atoms with Crippen LogP contribution in [0.25, 0.3) is 0 Å². The monoisotopic (exact) mass is 268 g/mol. The molecule has 1 saturated carbocycles. The van der Waals surface area contributed by atoms with E-state index in [1.54, 1.807) is 4.90 Å². The first-order valence-electron chi connectivity index (χ1n) is 6.75. The Bertz CT molecular complexity index is 403. The summed E-state index contributed by atoms with van der Waals surface area (Å²) in [5.41, 5.74) is 4.41. The minimum atomic E-state index is -0.879. The molecule has 1 atom stereocenters. The zero-order valence-electron chi connectivity index (χ0n) is 10.9. The molecule has 1 unspecified atom stereocenters. The van der Waals surface area contributed by atoms with Crippen molar-refractivity contribution in [1.82, 2.24) is 4.90 Å². The van der Waals surface area contributed by atoms with Gasteiger partial charge in [-0.15, -0.1) is 0 Å². The van der Waals surface area contributed by atoms with Crippen LogP contribution in [0.15, 0.2) is 0 Å². The van der Waals surface area contributed by atoms with Gasteiger partial charge in [-0.05, 0) is 25.7 Å². The molecule has 106 valence electrons. The van der Waals surface area contributed by atoms with Crippen molar-refractivity contribution in [2.75, 3.05) is 13.1 Å². The lowest BCUT2D eigenvalue weighted by Crippen LogP contribution is -2.48. The molecule has 0 aromatic rings. The van der Waals surface area contributed by atoms with Crippen LogP contribution in [-0.4, -0.2) is 40.9 Å². The molecule has 2 aliphatic rings. The maximum atomic E-state index is 12.2. The third-order valence-corrected chi connectivity index (χ3v) is 4.43. The van der Waals surface area contributed by atoms with Crippen molar-refractivity contribution in [3.63, 3.8) is 0 Å². The maximum Gasteiger partial charge on any atom is 0.310 e. The Morgan fingerprint density at radius 3 is 2.42 bits per heavy atom. The van der Waals surface area contributed by atoms with E-state index in [9.17, 15) is 19.5 Å². The van der Waals surface area contributed by atoms with Crippen molar-refractivity contribution in [2.45, 2.75) is 38.5 Å². The molecule has 1 aliphatic carbocycles. The number of piperidine rings is 1. The lowest BCUT2D eigenvalue weighted by Gasteiger charge is -2.39. The normalized spacial score (nSPS) is 25.5. The van der Waals surface area contributed by atoms with E-state index in [0.717, 1.165) is 12.8 Å². The van der Waals surface area contributed by atoms with Gasteiger partial charge in [0.25, 0.3) is 0 Å². The Labute approximate surface area is 111 Å². The molecule has 1 heterocycles. The van der Waals surface area contributed by atoms with E-state index in [1.807, 2.05) is 0 Å². The number of hydrogen-bond acceptors (Lipinski definition) is 3. The molecule has 0 spiro atoms. The van der Waals surface area contributed by atoms with Crippen molar-refractivity contribution in [3.8, 4) is 0 Å². The number of amides is 2. The number of rotatable bonds is 4. The molecule has 0 bridgehead atoms. The van der Waals surface area contributed by atoms with Crippen LogP contribution in [-0.2, 0) is 14.4 Å². The quantitative estimate of drug-likeness (QED) is 0.768. The highest BCUT2D eigenvalue weighted by atomic mass is 16.4. The van der Waals surface area contributed by atoms with E-state index in [-0.39, 0.29) is 24.2 Å². The van der Waals surface area contributed by atoms with Gasteiger partial charge in [-0.25, -0.2) is 0 Å². The van der Waals surface area contributed by atoms with E-state index in [1.165, 1.54) is 0 Å². The second-order valence-corrected chi connectivity index (χ2v) is 5.70. The Kier molecular flexibility index (Phi) is 3.78. The molecular weight excluding hydrogens is 248 g/mol. The third kappa shape index (κ3) is 2.72. The standard InChI is InChI=1S/C13H20N2O4/c14-11(17)9-3-1-6-15(8-9)10(16)7-13(12(18)19)4-2-5-13/h9H,1-8H2,(H2,14,17)(H,18,19). The predicted octanol–water partition coefficient (Wildman–Crippen LogP) is 0.355. The van der Waals surface area contributed by atoms with Gasteiger partial charge in [0.15, 0.2) is 0 Å². The SMILES string of the molecule is NC(=O)C1CCCN(C(=O)CC2(C(=O)O)CCC2)C1. The fraction of sp³-hybridized carbons (Fsp3) is 0.769. The zero-order chi connectivity index (χ0) is 14.0. The number of nitrogens with zero attached hydrogens (tertiary/aromatic N) is 1. The highest BCUT2D eigenvalue weighted by molar-refractivity contribution is 5.86. The van der Waals surface area contributed by atoms with Gasteiger partial charge in [0, 0.05) is 19.5 Å². The van der Waals surface area contributed by atoms with Crippen LogP contribution < -0.4 is 5.73 Å². The van der Waals surface area contributed by atoms with Gasteiger partial charge in [-0.3, -0.25) is 14.4 Å². The Morgan fingerprint density at radius 1 is 1.26 bits per heavy atom. The molecule has 1 aliphatic heterocycles. The number of carbonyl (C=O) groups is 3. The summed E-state index contributed by atoms with van der Waals surface area (Å²) >= 11 is 0. The van der Waals surface area contributed by atoms with Gasteiger partial charge in [-0.1, -0.05) is 6.42 Å². The highest BCUT2D eigenvalue weighted by Crippen LogP contribution is 2.44. The molecule has 3 N–H and O–H groups in total. The first kappa shape index (κ1) is 13.8. The summed E-state index contributed by atoms with van der Waals surface area (Å²) < 4.78 is 0. The molecule has 0 aromatic heterocycles. The largest absolute Gasteiger partial charge is 0.481 e. The van der Waals surface area contributed by atoms with Crippen LogP contribution in [0.4, 0.5) is 0 Å². The number of likely N-dealkylation sites (tertiary alicyclic amines) is 1. The zero-order valence-corrected chi connectivity index (χ0v) is 10.9. The van der Waals surface area contributed by atoms with Gasteiger partial charge >= 0.3 is 5.97 Å². The first-order valence-corrected chi connectivity index (χ1v) is 6.75. The number of carbonyl (C=O) groups excluding carboxylic acids is 2. The second-order valence-electron chi connectivity index (χ2n) is 5.70. The topological polar surface area (TPSA) is 101 Å². The summed E-state index contributed by atoms with van der Waals surface area (Å²) in [5.74, 6) is -1.71. The second kappa shape index (κ2) is 5.19. The lowest BCUT2D eigenvalue weighted by molar-refractivity contribution is -0.160. The van der Waals surface area contributed by atoms with Crippen molar-refractivity contribution in [1.29, 1.82) is 0 Å². The fourth-order valence-electron chi connectivity index (χ4n) is 2.91.